The van der Waals surface area contributed by atoms with Gasteiger partial charge in [-0.05, 0) is 41.6 Å². The van der Waals surface area contributed by atoms with Gasteiger partial charge < -0.3 is 0 Å². The van der Waals surface area contributed by atoms with Gasteiger partial charge in [0.05, 0.1) is 3.57 Å². The number of halogens is 2. The lowest BCUT2D eigenvalue weighted by Gasteiger charge is -1.93. The van der Waals surface area contributed by atoms with Gasteiger partial charge in [-0.25, -0.2) is 4.98 Å². The molecule has 0 fully saturated rings. The van der Waals surface area contributed by atoms with E-state index in [2.05, 4.69) is 27.6 Å². The first-order chi connectivity index (χ1) is 5.20. The van der Waals surface area contributed by atoms with E-state index in [0.717, 1.165) is 9.26 Å². The molecule has 0 aliphatic heterocycles. The topological polar surface area (TPSA) is 12.9 Å². The molecule has 11 heavy (non-hydrogen) atoms. The maximum atomic E-state index is 5.70. The van der Waals surface area contributed by atoms with Crippen LogP contribution in [0.1, 0.15) is 19.5 Å². The van der Waals surface area contributed by atoms with E-state index >= 15 is 0 Å². The molecule has 0 atom stereocenters. The van der Waals surface area contributed by atoms with Crippen molar-refractivity contribution in [3.8, 4) is 0 Å². The van der Waals surface area contributed by atoms with E-state index in [-0.39, 0.29) is 0 Å². The summed E-state index contributed by atoms with van der Waals surface area (Å²) in [5, 5.41) is 0.593. The van der Waals surface area contributed by atoms with Crippen molar-refractivity contribution in [2.75, 3.05) is 0 Å². The Morgan fingerprint density at radius 2 is 1.91 bits per heavy atom. The molecule has 0 unspecified atom stereocenters. The van der Waals surface area contributed by atoms with Gasteiger partial charge in [0.1, 0.15) is 5.15 Å². The van der Waals surface area contributed by atoms with Crippen LogP contribution in [-0.2, 0) is 0 Å². The molecule has 0 aliphatic rings. The first kappa shape index (κ1) is 11.2. The maximum Gasteiger partial charge on any atom is 0.142 e. The summed E-state index contributed by atoms with van der Waals surface area (Å²) in [7, 11) is 0. The van der Waals surface area contributed by atoms with Gasteiger partial charge in [0, 0.05) is 5.69 Å². The second-order valence-corrected chi connectivity index (χ2v) is 3.25. The lowest BCUT2D eigenvalue weighted by Crippen LogP contribution is -1.82. The van der Waals surface area contributed by atoms with Crippen LogP contribution in [0.15, 0.2) is 12.1 Å². The Bertz CT molecular complexity index is 225. The molecule has 0 N–H and O–H groups in total. The second kappa shape index (κ2) is 5.77. The molecule has 1 nitrogen and oxygen atoms in total. The van der Waals surface area contributed by atoms with Gasteiger partial charge in [-0.2, -0.15) is 0 Å². The highest BCUT2D eigenvalue weighted by atomic mass is 127. The Balaban J connectivity index is 0.000000461. The smallest absolute Gasteiger partial charge is 0.142 e. The Kier molecular flexibility index (Phi) is 5.86. The number of pyridine rings is 1. The first-order valence-electron chi connectivity index (χ1n) is 3.49. The minimum absolute atomic E-state index is 0.593. The summed E-state index contributed by atoms with van der Waals surface area (Å²) in [6.07, 6.45) is 0. The highest BCUT2D eigenvalue weighted by Gasteiger charge is 1.94. The predicted molar refractivity (Wildman–Crippen MR) is 58.0 cm³/mol. The molecule has 1 rings (SSSR count). The molecule has 62 valence electrons. The molecule has 1 heterocycles. The van der Waals surface area contributed by atoms with E-state index in [4.69, 9.17) is 11.6 Å². The zero-order valence-electron chi connectivity index (χ0n) is 6.86. The molecule has 0 radical (unpaired) electrons. The van der Waals surface area contributed by atoms with Crippen LogP contribution in [0.2, 0.25) is 5.15 Å². The van der Waals surface area contributed by atoms with Crippen LogP contribution in [-0.4, -0.2) is 4.98 Å². The van der Waals surface area contributed by atoms with Gasteiger partial charge in [0.25, 0.3) is 0 Å². The predicted octanol–water partition coefficient (Wildman–Crippen LogP) is 3.67. The molecule has 1 aromatic heterocycles. The number of aromatic nitrogens is 1. The Morgan fingerprint density at radius 1 is 1.36 bits per heavy atom. The van der Waals surface area contributed by atoms with Crippen LogP contribution in [0.25, 0.3) is 0 Å². The van der Waals surface area contributed by atoms with Crippen molar-refractivity contribution in [2.24, 2.45) is 0 Å². The minimum atomic E-state index is 0.593. The molecule has 0 aromatic carbocycles. The van der Waals surface area contributed by atoms with Gasteiger partial charge in [-0.3, -0.25) is 0 Å². The summed E-state index contributed by atoms with van der Waals surface area (Å²) in [6, 6.07) is 3.89. The fraction of sp³-hybridized carbons (Fsp3) is 0.375. The van der Waals surface area contributed by atoms with Gasteiger partial charge in [-0.15, -0.1) is 0 Å². The number of aryl methyl sites for hydroxylation is 1. The molecule has 0 saturated carbocycles. The molecule has 0 spiro atoms. The van der Waals surface area contributed by atoms with Gasteiger partial charge in [0.15, 0.2) is 0 Å². The molecule has 0 bridgehead atoms. The summed E-state index contributed by atoms with van der Waals surface area (Å²) < 4.78 is 1.000. The summed E-state index contributed by atoms with van der Waals surface area (Å²) in [5.74, 6) is 0. The minimum Gasteiger partial charge on any atom is -0.240 e. The van der Waals surface area contributed by atoms with E-state index < -0.39 is 0 Å². The first-order valence-corrected chi connectivity index (χ1v) is 4.94. The Labute approximate surface area is 86.3 Å². The monoisotopic (exact) mass is 283 g/mol. The third-order valence-corrected chi connectivity index (χ3v) is 2.42. The normalized spacial score (nSPS) is 8.45. The van der Waals surface area contributed by atoms with Crippen molar-refractivity contribution in [1.82, 2.24) is 4.98 Å². The van der Waals surface area contributed by atoms with E-state index in [1.54, 1.807) is 0 Å². The largest absolute Gasteiger partial charge is 0.240 e. The van der Waals surface area contributed by atoms with Gasteiger partial charge in [0.2, 0.25) is 0 Å². The van der Waals surface area contributed by atoms with Crippen molar-refractivity contribution in [1.29, 1.82) is 0 Å². The van der Waals surface area contributed by atoms with Crippen molar-refractivity contribution < 1.29 is 0 Å². The fourth-order valence-corrected chi connectivity index (χ4v) is 1.00. The number of rotatable bonds is 0. The third-order valence-electron chi connectivity index (χ3n) is 0.942. The van der Waals surface area contributed by atoms with E-state index in [0.29, 0.717) is 5.15 Å². The van der Waals surface area contributed by atoms with Crippen LogP contribution < -0.4 is 0 Å². The summed E-state index contributed by atoms with van der Waals surface area (Å²) >= 11 is 7.84. The van der Waals surface area contributed by atoms with Crippen molar-refractivity contribution in [3.05, 3.63) is 26.5 Å². The van der Waals surface area contributed by atoms with Crippen molar-refractivity contribution in [3.63, 3.8) is 0 Å². The second-order valence-electron chi connectivity index (χ2n) is 1.73. The zero-order valence-corrected chi connectivity index (χ0v) is 9.77. The SMILES string of the molecule is CC.Cc1ccc(I)c(Cl)n1. The average molecular weight is 284 g/mol. The molecular weight excluding hydrogens is 272 g/mol. The number of hydrogen-bond donors (Lipinski definition) is 0. The highest BCUT2D eigenvalue weighted by Crippen LogP contribution is 2.14. The molecule has 1 aromatic rings. The van der Waals surface area contributed by atoms with E-state index in [1.165, 1.54) is 0 Å². The highest BCUT2D eigenvalue weighted by molar-refractivity contribution is 14.1. The lowest BCUT2D eigenvalue weighted by molar-refractivity contribution is 1.19. The van der Waals surface area contributed by atoms with Crippen LogP contribution in [0.3, 0.4) is 0 Å². The lowest BCUT2D eigenvalue weighted by atomic mass is 10.4. The molecule has 0 amide bonds. The Hall–Kier alpha value is 0.170. The van der Waals surface area contributed by atoms with Crippen LogP contribution in [0, 0.1) is 10.5 Å². The maximum absolute atomic E-state index is 5.70. The van der Waals surface area contributed by atoms with Crippen LogP contribution in [0.5, 0.6) is 0 Å². The van der Waals surface area contributed by atoms with Crippen LogP contribution in [0.4, 0.5) is 0 Å². The van der Waals surface area contributed by atoms with Crippen LogP contribution >= 0.6 is 34.2 Å². The van der Waals surface area contributed by atoms with Crippen molar-refractivity contribution in [2.45, 2.75) is 20.8 Å². The quantitative estimate of drug-likeness (QED) is 0.523. The summed E-state index contributed by atoms with van der Waals surface area (Å²) in [5.41, 5.74) is 0.959. The summed E-state index contributed by atoms with van der Waals surface area (Å²) in [4.78, 5) is 4.03. The number of hydrogen-bond acceptors (Lipinski definition) is 1. The number of nitrogens with zero attached hydrogens (tertiary/aromatic N) is 1. The van der Waals surface area contributed by atoms with Crippen molar-refractivity contribution >= 4 is 34.2 Å². The van der Waals surface area contributed by atoms with Gasteiger partial charge in [-0.1, -0.05) is 25.4 Å². The summed E-state index contributed by atoms with van der Waals surface area (Å²) in [6.45, 7) is 5.92. The fourth-order valence-electron chi connectivity index (χ4n) is 0.508. The molecule has 3 heteroatoms. The standard InChI is InChI=1S/C6H5ClIN.C2H6/c1-4-2-3-5(8)6(7)9-4;1-2/h2-3H,1H3;1-2H3. The average Bonchev–Trinajstić information content (AvgIpc) is 2.02. The zero-order chi connectivity index (χ0) is 8.85. The third kappa shape index (κ3) is 3.91. The Morgan fingerprint density at radius 3 is 2.27 bits per heavy atom. The molecule has 0 aliphatic carbocycles. The van der Waals surface area contributed by atoms with E-state index in [1.807, 2.05) is 32.9 Å². The van der Waals surface area contributed by atoms with E-state index in [9.17, 15) is 0 Å². The van der Waals surface area contributed by atoms with Gasteiger partial charge >= 0.3 is 0 Å². The molecule has 0 saturated heterocycles. The molecular formula is C8H11ClIN.